The first-order chi connectivity index (χ1) is 11.1. The number of carbonyl (C=O) groups excluding carboxylic acids is 1. The highest BCUT2D eigenvalue weighted by molar-refractivity contribution is 6.32. The Morgan fingerprint density at radius 1 is 1.30 bits per heavy atom. The van der Waals surface area contributed by atoms with Crippen molar-refractivity contribution in [3.05, 3.63) is 52.5 Å². The first-order valence-corrected chi connectivity index (χ1v) is 7.52. The number of nitrogens with two attached hydrogens (primary N) is 1. The molecule has 0 bridgehead atoms. The lowest BCUT2D eigenvalue weighted by molar-refractivity contribution is 0.0987. The highest BCUT2D eigenvalue weighted by atomic mass is 35.5. The van der Waals surface area contributed by atoms with Crippen LogP contribution in [0, 0.1) is 0 Å². The topological polar surface area (TPSA) is 67.9 Å². The summed E-state index contributed by atoms with van der Waals surface area (Å²) in [6, 6.07) is 10.4. The predicted molar refractivity (Wildman–Crippen MR) is 93.0 cm³/mol. The summed E-state index contributed by atoms with van der Waals surface area (Å²) in [5, 5.41) is 0.405. The van der Waals surface area contributed by atoms with E-state index in [1.165, 1.54) is 7.11 Å². The second kappa shape index (κ2) is 6.30. The molecule has 6 heteroatoms. The van der Waals surface area contributed by atoms with Gasteiger partial charge in [0.2, 0.25) is 0 Å². The van der Waals surface area contributed by atoms with Crippen LogP contribution in [0.4, 0.5) is 11.4 Å². The van der Waals surface area contributed by atoms with E-state index in [9.17, 15) is 4.79 Å². The van der Waals surface area contributed by atoms with E-state index in [-0.39, 0.29) is 5.91 Å². The van der Waals surface area contributed by atoms with Crippen molar-refractivity contribution in [3.8, 4) is 5.75 Å². The van der Waals surface area contributed by atoms with Crippen molar-refractivity contribution in [2.24, 2.45) is 4.99 Å². The molecule has 0 atom stereocenters. The number of hydrogen-bond acceptors (Lipinski definition) is 4. The molecule has 0 saturated carbocycles. The lowest BCUT2D eigenvalue weighted by Crippen LogP contribution is -2.33. The zero-order valence-electron chi connectivity index (χ0n) is 12.6. The zero-order valence-corrected chi connectivity index (χ0v) is 13.4. The van der Waals surface area contributed by atoms with Crippen LogP contribution in [-0.4, -0.2) is 32.3 Å². The van der Waals surface area contributed by atoms with Gasteiger partial charge < -0.3 is 15.4 Å². The number of nitrogen functional groups attached to an aromatic ring is 1. The van der Waals surface area contributed by atoms with Crippen molar-refractivity contribution in [1.82, 2.24) is 0 Å². The minimum atomic E-state index is -0.133. The molecule has 1 amide bonds. The first kappa shape index (κ1) is 15.4. The molecule has 1 heterocycles. The van der Waals surface area contributed by atoms with Crippen LogP contribution in [0.15, 0.2) is 41.4 Å². The summed E-state index contributed by atoms with van der Waals surface area (Å²) in [5.41, 5.74) is 8.58. The lowest BCUT2D eigenvalue weighted by Gasteiger charge is -2.23. The Morgan fingerprint density at radius 3 is 2.87 bits per heavy atom. The lowest BCUT2D eigenvalue weighted by atomic mass is 10.1. The number of benzene rings is 2. The average Bonchev–Trinajstić information content (AvgIpc) is 2.75. The molecule has 0 fully saturated rings. The molecule has 0 radical (unpaired) electrons. The van der Waals surface area contributed by atoms with Gasteiger partial charge in [0.25, 0.3) is 5.91 Å². The third-order valence-electron chi connectivity index (χ3n) is 3.67. The Kier molecular flexibility index (Phi) is 4.21. The van der Waals surface area contributed by atoms with Crippen molar-refractivity contribution in [2.75, 3.05) is 30.8 Å². The van der Waals surface area contributed by atoms with Gasteiger partial charge in [-0.15, -0.1) is 0 Å². The summed E-state index contributed by atoms with van der Waals surface area (Å²) in [6.07, 6.45) is 1.75. The van der Waals surface area contributed by atoms with Crippen molar-refractivity contribution in [1.29, 1.82) is 0 Å². The summed E-state index contributed by atoms with van der Waals surface area (Å²) in [5.74, 6) is 0.404. The van der Waals surface area contributed by atoms with Gasteiger partial charge in [-0.2, -0.15) is 0 Å². The number of halogens is 1. The molecular weight excluding hydrogens is 314 g/mol. The Labute approximate surface area is 139 Å². The van der Waals surface area contributed by atoms with Crippen molar-refractivity contribution in [2.45, 2.75) is 0 Å². The van der Waals surface area contributed by atoms with Crippen LogP contribution in [0.25, 0.3) is 0 Å². The van der Waals surface area contributed by atoms with E-state index >= 15 is 0 Å². The smallest absolute Gasteiger partial charge is 0.258 e. The summed E-state index contributed by atoms with van der Waals surface area (Å²) < 4.78 is 5.12. The third kappa shape index (κ3) is 3.00. The van der Waals surface area contributed by atoms with Crippen LogP contribution in [0.3, 0.4) is 0 Å². The SMILES string of the molecule is COc1ccc(C(=O)N2CCN=Cc3cc(N)ccc32)cc1Cl. The number of anilines is 2. The molecule has 5 nitrogen and oxygen atoms in total. The van der Waals surface area contributed by atoms with E-state index in [2.05, 4.69) is 4.99 Å². The summed E-state index contributed by atoms with van der Waals surface area (Å²) in [6.45, 7) is 1.03. The Morgan fingerprint density at radius 2 is 2.13 bits per heavy atom. The maximum absolute atomic E-state index is 12.9. The van der Waals surface area contributed by atoms with E-state index in [1.807, 2.05) is 12.1 Å². The molecule has 0 saturated heterocycles. The van der Waals surface area contributed by atoms with Gasteiger partial charge in [-0.1, -0.05) is 11.6 Å². The molecule has 2 N–H and O–H groups in total. The normalized spacial score (nSPS) is 13.4. The summed E-state index contributed by atoms with van der Waals surface area (Å²) in [7, 11) is 1.54. The van der Waals surface area contributed by atoms with E-state index in [0.717, 1.165) is 11.3 Å². The molecule has 1 aliphatic rings. The number of hydrogen-bond donors (Lipinski definition) is 1. The molecule has 0 aliphatic carbocycles. The van der Waals surface area contributed by atoms with Gasteiger partial charge in [-0.25, -0.2) is 0 Å². The number of methoxy groups -OCH3 is 1. The number of ether oxygens (including phenoxy) is 1. The maximum Gasteiger partial charge on any atom is 0.258 e. The van der Waals surface area contributed by atoms with Crippen molar-refractivity contribution in [3.63, 3.8) is 0 Å². The molecule has 0 unspecified atom stereocenters. The molecule has 23 heavy (non-hydrogen) atoms. The Balaban J connectivity index is 1.99. The largest absolute Gasteiger partial charge is 0.495 e. The van der Waals surface area contributed by atoms with E-state index in [4.69, 9.17) is 22.1 Å². The zero-order chi connectivity index (χ0) is 16.4. The Bertz CT molecular complexity index is 789. The van der Waals surface area contributed by atoms with Crippen molar-refractivity contribution >= 4 is 35.1 Å². The minimum Gasteiger partial charge on any atom is -0.495 e. The van der Waals surface area contributed by atoms with Gasteiger partial charge in [-0.05, 0) is 36.4 Å². The predicted octanol–water partition coefficient (Wildman–Crippen LogP) is 3.01. The molecule has 2 aromatic carbocycles. The van der Waals surface area contributed by atoms with Gasteiger partial charge in [0.1, 0.15) is 5.75 Å². The molecule has 1 aliphatic heterocycles. The highest BCUT2D eigenvalue weighted by Crippen LogP contribution is 2.28. The van der Waals surface area contributed by atoms with Crippen LogP contribution in [0.2, 0.25) is 5.02 Å². The molecule has 3 rings (SSSR count). The van der Waals surface area contributed by atoms with Crippen LogP contribution in [0.1, 0.15) is 15.9 Å². The first-order valence-electron chi connectivity index (χ1n) is 7.15. The number of amides is 1. The number of nitrogens with zero attached hydrogens (tertiary/aromatic N) is 2. The van der Waals surface area contributed by atoms with Gasteiger partial charge >= 0.3 is 0 Å². The van der Waals surface area contributed by atoms with Crippen LogP contribution in [-0.2, 0) is 0 Å². The maximum atomic E-state index is 12.9. The second-order valence-corrected chi connectivity index (χ2v) is 5.57. The number of fused-ring (bicyclic) bond motifs is 1. The molecule has 118 valence electrons. The summed E-state index contributed by atoms with van der Waals surface area (Å²) >= 11 is 6.13. The standard InChI is InChI=1S/C17H16ClN3O2/c1-23-16-5-2-11(9-14(16)18)17(22)21-7-6-20-10-12-8-13(19)3-4-15(12)21/h2-5,8-10H,6-7,19H2,1H3. The van der Waals surface area contributed by atoms with Crippen LogP contribution < -0.4 is 15.4 Å². The quantitative estimate of drug-likeness (QED) is 0.861. The average molecular weight is 330 g/mol. The fourth-order valence-electron chi connectivity index (χ4n) is 2.53. The van der Waals surface area contributed by atoms with Gasteiger partial charge in [-0.3, -0.25) is 9.79 Å². The number of aliphatic imine (C=N–C) groups is 1. The molecule has 0 aromatic heterocycles. The fraction of sp³-hybridized carbons (Fsp3) is 0.176. The molecular formula is C17H16ClN3O2. The number of benzodiazepines with no additional fused rings is 1. The van der Waals surface area contributed by atoms with Crippen molar-refractivity contribution < 1.29 is 9.53 Å². The fourth-order valence-corrected chi connectivity index (χ4v) is 2.79. The highest BCUT2D eigenvalue weighted by Gasteiger charge is 2.22. The van der Waals surface area contributed by atoms with Crippen LogP contribution >= 0.6 is 11.6 Å². The molecule has 2 aromatic rings. The second-order valence-electron chi connectivity index (χ2n) is 5.16. The van der Waals surface area contributed by atoms with Crippen LogP contribution in [0.5, 0.6) is 5.75 Å². The Hall–Kier alpha value is -2.53. The monoisotopic (exact) mass is 329 g/mol. The van der Waals surface area contributed by atoms with E-state index < -0.39 is 0 Å². The summed E-state index contributed by atoms with van der Waals surface area (Å²) in [4.78, 5) is 18.9. The number of carbonyl (C=O) groups is 1. The van der Waals surface area contributed by atoms with E-state index in [1.54, 1.807) is 35.4 Å². The molecule has 0 spiro atoms. The van der Waals surface area contributed by atoms with E-state index in [0.29, 0.717) is 35.1 Å². The number of rotatable bonds is 2. The van der Waals surface area contributed by atoms with Gasteiger partial charge in [0.05, 0.1) is 24.4 Å². The van der Waals surface area contributed by atoms with Gasteiger partial charge in [0, 0.05) is 29.6 Å². The third-order valence-corrected chi connectivity index (χ3v) is 3.96. The minimum absolute atomic E-state index is 0.133. The van der Waals surface area contributed by atoms with Gasteiger partial charge in [0.15, 0.2) is 0 Å².